The van der Waals surface area contributed by atoms with E-state index in [9.17, 15) is 4.79 Å². The Bertz CT molecular complexity index is 383. The molecule has 0 aromatic heterocycles. The van der Waals surface area contributed by atoms with Gasteiger partial charge in [-0.2, -0.15) is 0 Å². The molecule has 1 rings (SSSR count). The molecular formula is C12H12O2. The maximum atomic E-state index is 11.0. The van der Waals surface area contributed by atoms with Crippen LogP contribution in [-0.2, 0) is 4.79 Å². The number of benzene rings is 1. The van der Waals surface area contributed by atoms with Crippen LogP contribution in [0.5, 0.6) is 5.75 Å². The minimum Gasteiger partial charge on any atom is -0.495 e. The van der Waals surface area contributed by atoms with Gasteiger partial charge in [-0.3, -0.25) is 4.79 Å². The molecule has 0 spiro atoms. The average Bonchev–Trinajstić information content (AvgIpc) is 2.26. The first-order chi connectivity index (χ1) is 6.77. The zero-order chi connectivity index (χ0) is 10.4. The molecule has 0 bridgehead atoms. The zero-order valence-corrected chi connectivity index (χ0v) is 8.33. The van der Waals surface area contributed by atoms with Crippen LogP contribution in [0.15, 0.2) is 24.3 Å². The topological polar surface area (TPSA) is 26.3 Å². The lowest BCUT2D eigenvalue weighted by Crippen LogP contribution is -1.90. The summed E-state index contributed by atoms with van der Waals surface area (Å²) in [6.07, 6.45) is 0.447. The molecule has 14 heavy (non-hydrogen) atoms. The number of methoxy groups -OCH3 is 1. The summed E-state index contributed by atoms with van der Waals surface area (Å²) in [4.78, 5) is 11.0. The van der Waals surface area contributed by atoms with Gasteiger partial charge >= 0.3 is 0 Å². The molecule has 0 aliphatic heterocycles. The van der Waals surface area contributed by atoms with E-state index in [1.165, 1.54) is 0 Å². The molecule has 0 N–H and O–H groups in total. The van der Waals surface area contributed by atoms with E-state index in [4.69, 9.17) is 4.74 Å². The second-order valence-electron chi connectivity index (χ2n) is 2.73. The number of rotatable bonds is 2. The van der Waals surface area contributed by atoms with Gasteiger partial charge in [-0.05, 0) is 18.1 Å². The lowest BCUT2D eigenvalue weighted by molar-refractivity contribution is -0.113. The third kappa shape index (κ3) is 2.63. The van der Waals surface area contributed by atoms with E-state index in [-0.39, 0.29) is 5.78 Å². The molecule has 0 unspecified atom stereocenters. The third-order valence-corrected chi connectivity index (χ3v) is 1.76. The summed E-state index contributed by atoms with van der Waals surface area (Å²) < 4.78 is 5.10. The summed E-state index contributed by atoms with van der Waals surface area (Å²) in [5.41, 5.74) is 0.747. The van der Waals surface area contributed by atoms with Crippen LogP contribution in [0.3, 0.4) is 0 Å². The molecule has 0 saturated carbocycles. The van der Waals surface area contributed by atoms with Crippen molar-refractivity contribution in [3.8, 4) is 17.6 Å². The maximum Gasteiger partial charge on any atom is 0.205 e. The number of hydrogen-bond donors (Lipinski definition) is 0. The highest BCUT2D eigenvalue weighted by atomic mass is 16.5. The average molecular weight is 188 g/mol. The van der Waals surface area contributed by atoms with Gasteiger partial charge in [0.15, 0.2) is 0 Å². The molecule has 1 aromatic rings. The maximum absolute atomic E-state index is 11.0. The molecule has 72 valence electrons. The van der Waals surface area contributed by atoms with Gasteiger partial charge in [0.05, 0.1) is 12.7 Å². The molecule has 0 radical (unpaired) electrons. The Hall–Kier alpha value is -1.75. The number of hydrogen-bond acceptors (Lipinski definition) is 2. The molecule has 0 atom stereocenters. The Kier molecular flexibility index (Phi) is 3.75. The predicted octanol–water partition coefficient (Wildman–Crippen LogP) is 2.03. The Morgan fingerprint density at radius 2 is 2.14 bits per heavy atom. The van der Waals surface area contributed by atoms with Gasteiger partial charge in [0, 0.05) is 6.42 Å². The van der Waals surface area contributed by atoms with Crippen molar-refractivity contribution >= 4 is 5.78 Å². The highest BCUT2D eigenvalue weighted by molar-refractivity contribution is 5.95. The minimum absolute atomic E-state index is 0.0593. The van der Waals surface area contributed by atoms with E-state index in [1.54, 1.807) is 14.0 Å². The van der Waals surface area contributed by atoms with Crippen molar-refractivity contribution in [3.05, 3.63) is 29.8 Å². The molecule has 0 saturated heterocycles. The van der Waals surface area contributed by atoms with Crippen molar-refractivity contribution in [3.63, 3.8) is 0 Å². The van der Waals surface area contributed by atoms with Crippen LogP contribution in [0.25, 0.3) is 0 Å². The van der Waals surface area contributed by atoms with Gasteiger partial charge in [-0.1, -0.05) is 25.0 Å². The van der Waals surface area contributed by atoms with Gasteiger partial charge in [-0.15, -0.1) is 0 Å². The SMILES string of the molecule is CCC(=O)C#Cc1ccccc1OC. The number of para-hydroxylation sites is 1. The number of ketones is 1. The fraction of sp³-hybridized carbons (Fsp3) is 0.250. The highest BCUT2D eigenvalue weighted by Gasteiger charge is 1.97. The second-order valence-corrected chi connectivity index (χ2v) is 2.73. The summed E-state index contributed by atoms with van der Waals surface area (Å²) in [5.74, 6) is 5.98. The lowest BCUT2D eigenvalue weighted by atomic mass is 10.2. The summed E-state index contributed by atoms with van der Waals surface area (Å²) in [5, 5.41) is 0. The van der Waals surface area contributed by atoms with Gasteiger partial charge in [0.1, 0.15) is 5.75 Å². The fourth-order valence-corrected chi connectivity index (χ4v) is 0.973. The smallest absolute Gasteiger partial charge is 0.205 e. The number of ether oxygens (including phenoxy) is 1. The largest absolute Gasteiger partial charge is 0.495 e. The van der Waals surface area contributed by atoms with Crippen molar-refractivity contribution in [2.45, 2.75) is 13.3 Å². The molecule has 0 heterocycles. The Morgan fingerprint density at radius 3 is 2.79 bits per heavy atom. The number of Topliss-reactive ketones (excluding diaryl/α,β-unsaturated/α-hetero) is 1. The molecule has 2 heteroatoms. The Morgan fingerprint density at radius 1 is 1.43 bits per heavy atom. The van der Waals surface area contributed by atoms with E-state index in [0.717, 1.165) is 5.56 Å². The van der Waals surface area contributed by atoms with E-state index in [1.807, 2.05) is 24.3 Å². The quantitative estimate of drug-likeness (QED) is 0.664. The Balaban J connectivity index is 2.94. The first-order valence-corrected chi connectivity index (χ1v) is 4.45. The highest BCUT2D eigenvalue weighted by Crippen LogP contribution is 2.15. The monoisotopic (exact) mass is 188 g/mol. The predicted molar refractivity (Wildman–Crippen MR) is 55.2 cm³/mol. The number of carbonyl (C=O) groups is 1. The van der Waals surface area contributed by atoms with E-state index < -0.39 is 0 Å². The lowest BCUT2D eigenvalue weighted by Gasteiger charge is -2.00. The van der Waals surface area contributed by atoms with E-state index in [2.05, 4.69) is 11.8 Å². The van der Waals surface area contributed by atoms with Crippen LogP contribution in [0, 0.1) is 11.8 Å². The molecule has 0 fully saturated rings. The van der Waals surface area contributed by atoms with E-state index in [0.29, 0.717) is 12.2 Å². The molecule has 2 nitrogen and oxygen atoms in total. The normalized spacial score (nSPS) is 8.71. The third-order valence-electron chi connectivity index (χ3n) is 1.76. The van der Waals surface area contributed by atoms with Crippen LogP contribution in [-0.4, -0.2) is 12.9 Å². The standard InChI is InChI=1S/C12H12O2/c1-3-11(13)9-8-10-6-4-5-7-12(10)14-2/h4-7H,3H2,1-2H3. The summed E-state index contributed by atoms with van der Waals surface area (Å²) in [6.45, 7) is 1.79. The van der Waals surface area contributed by atoms with Gasteiger partial charge in [0.2, 0.25) is 5.78 Å². The van der Waals surface area contributed by atoms with Crippen molar-refractivity contribution in [1.82, 2.24) is 0 Å². The van der Waals surface area contributed by atoms with E-state index >= 15 is 0 Å². The number of carbonyl (C=O) groups excluding carboxylic acids is 1. The van der Waals surface area contributed by atoms with Crippen molar-refractivity contribution in [1.29, 1.82) is 0 Å². The van der Waals surface area contributed by atoms with Crippen LogP contribution in [0.1, 0.15) is 18.9 Å². The summed E-state index contributed by atoms with van der Waals surface area (Å²) in [7, 11) is 1.59. The van der Waals surface area contributed by atoms with Crippen molar-refractivity contribution < 1.29 is 9.53 Å². The van der Waals surface area contributed by atoms with Gasteiger partial charge in [0.25, 0.3) is 0 Å². The van der Waals surface area contributed by atoms with Crippen LogP contribution in [0.2, 0.25) is 0 Å². The molecule has 0 amide bonds. The first kappa shape index (κ1) is 10.3. The van der Waals surface area contributed by atoms with Gasteiger partial charge in [-0.25, -0.2) is 0 Å². The van der Waals surface area contributed by atoms with Crippen LogP contribution in [0.4, 0.5) is 0 Å². The molecule has 1 aromatic carbocycles. The second kappa shape index (κ2) is 5.08. The zero-order valence-electron chi connectivity index (χ0n) is 8.33. The summed E-state index contributed by atoms with van der Waals surface area (Å²) >= 11 is 0. The fourth-order valence-electron chi connectivity index (χ4n) is 0.973. The molecule has 0 aliphatic rings. The first-order valence-electron chi connectivity index (χ1n) is 4.45. The molecular weight excluding hydrogens is 176 g/mol. The molecule has 0 aliphatic carbocycles. The van der Waals surface area contributed by atoms with Crippen molar-refractivity contribution in [2.75, 3.05) is 7.11 Å². The van der Waals surface area contributed by atoms with Crippen LogP contribution < -0.4 is 4.74 Å². The Labute approximate surface area is 83.9 Å². The summed E-state index contributed by atoms with van der Waals surface area (Å²) in [6, 6.07) is 7.38. The van der Waals surface area contributed by atoms with Crippen LogP contribution >= 0.6 is 0 Å². The van der Waals surface area contributed by atoms with Gasteiger partial charge < -0.3 is 4.74 Å². The minimum atomic E-state index is -0.0593. The van der Waals surface area contributed by atoms with Crippen molar-refractivity contribution in [2.24, 2.45) is 0 Å².